The largest absolute Gasteiger partial charge is 0.478 e. The first-order valence-corrected chi connectivity index (χ1v) is 9.94. The zero-order valence-corrected chi connectivity index (χ0v) is 16.8. The summed E-state index contributed by atoms with van der Waals surface area (Å²) in [5.74, 6) is -1.42. The summed E-state index contributed by atoms with van der Waals surface area (Å²) < 4.78 is 0. The van der Waals surface area contributed by atoms with Gasteiger partial charge in [0.05, 0.1) is 5.56 Å². The molecule has 0 saturated carbocycles. The van der Waals surface area contributed by atoms with Gasteiger partial charge in [-0.25, -0.2) is 4.79 Å². The van der Waals surface area contributed by atoms with Gasteiger partial charge in [0, 0.05) is 5.56 Å². The molecule has 0 atom stereocenters. The lowest BCUT2D eigenvalue weighted by Gasteiger charge is -2.11. The molecule has 4 aromatic carbocycles. The average molecular weight is 407 g/mol. The van der Waals surface area contributed by atoms with Crippen molar-refractivity contribution < 1.29 is 14.7 Å². The molecule has 1 aliphatic carbocycles. The summed E-state index contributed by atoms with van der Waals surface area (Å²) in [6, 6.07) is 26.4. The Morgan fingerprint density at radius 2 is 1.32 bits per heavy atom. The fourth-order valence-corrected chi connectivity index (χ4v) is 3.70. The van der Waals surface area contributed by atoms with E-state index < -0.39 is 11.9 Å². The van der Waals surface area contributed by atoms with Gasteiger partial charge in [0.1, 0.15) is 0 Å². The summed E-state index contributed by atoms with van der Waals surface area (Å²) in [6.07, 6.45) is 5.53. The van der Waals surface area contributed by atoms with Crippen LogP contribution in [0.25, 0.3) is 28.0 Å². The third kappa shape index (κ3) is 4.38. The van der Waals surface area contributed by atoms with E-state index in [9.17, 15) is 9.59 Å². The van der Waals surface area contributed by atoms with Crippen LogP contribution >= 0.6 is 0 Å². The number of carboxylic acid groups (broad SMARTS) is 1. The number of hydrogen-bond acceptors (Lipinski definition) is 2. The molecule has 0 spiro atoms. The second kappa shape index (κ2) is 8.67. The van der Waals surface area contributed by atoms with E-state index in [1.165, 1.54) is 21.9 Å². The van der Waals surface area contributed by atoms with Crippen LogP contribution in [-0.2, 0) is 6.42 Å². The van der Waals surface area contributed by atoms with Crippen LogP contribution in [0.1, 0.15) is 31.8 Å². The highest BCUT2D eigenvalue weighted by Gasteiger charge is 2.06. The Morgan fingerprint density at radius 1 is 0.742 bits per heavy atom. The van der Waals surface area contributed by atoms with Crippen molar-refractivity contribution in [2.75, 3.05) is 0 Å². The Labute approximate surface area is 180 Å². The summed E-state index contributed by atoms with van der Waals surface area (Å²) in [5.41, 5.74) is 10.4. The van der Waals surface area contributed by atoms with E-state index in [2.05, 4.69) is 48.6 Å². The quantitative estimate of drug-likeness (QED) is 0.467. The van der Waals surface area contributed by atoms with Crippen LogP contribution in [-0.4, -0.2) is 17.0 Å². The summed E-state index contributed by atoms with van der Waals surface area (Å²) >= 11 is 0. The molecule has 0 aliphatic heterocycles. The number of rotatable bonds is 3. The summed E-state index contributed by atoms with van der Waals surface area (Å²) in [4.78, 5) is 21.6. The number of primary amides is 1. The minimum Gasteiger partial charge on any atom is -0.478 e. The highest BCUT2D eigenvalue weighted by atomic mass is 16.4. The van der Waals surface area contributed by atoms with Crippen molar-refractivity contribution in [1.29, 1.82) is 0 Å². The third-order valence-corrected chi connectivity index (χ3v) is 5.29. The van der Waals surface area contributed by atoms with Gasteiger partial charge in [0.15, 0.2) is 0 Å². The molecule has 5 rings (SSSR count). The Bertz CT molecular complexity index is 1230. The second-order valence-corrected chi connectivity index (χ2v) is 7.29. The fraction of sp³-hybridized carbons (Fsp3) is 0.0370. The number of allylic oxidation sites excluding steroid dienone is 1. The van der Waals surface area contributed by atoms with Gasteiger partial charge in [-0.1, -0.05) is 72.8 Å². The molecule has 4 aromatic rings. The van der Waals surface area contributed by atoms with Crippen molar-refractivity contribution in [3.63, 3.8) is 0 Å². The Morgan fingerprint density at radius 3 is 1.90 bits per heavy atom. The van der Waals surface area contributed by atoms with Crippen molar-refractivity contribution >= 4 is 28.7 Å². The lowest BCUT2D eigenvalue weighted by Crippen LogP contribution is -2.10. The predicted octanol–water partition coefficient (Wildman–Crippen LogP) is 5.56. The van der Waals surface area contributed by atoms with Gasteiger partial charge in [0.25, 0.3) is 0 Å². The van der Waals surface area contributed by atoms with Crippen molar-refractivity contribution in [2.45, 2.75) is 6.42 Å². The molecule has 0 heterocycles. The maximum atomic E-state index is 10.9. The van der Waals surface area contributed by atoms with Crippen molar-refractivity contribution in [2.24, 2.45) is 5.73 Å². The van der Waals surface area contributed by atoms with Crippen LogP contribution in [0, 0.1) is 0 Å². The van der Waals surface area contributed by atoms with Gasteiger partial charge in [-0.3, -0.25) is 4.79 Å². The molecule has 1 aliphatic rings. The number of amides is 1. The molecule has 0 saturated heterocycles. The van der Waals surface area contributed by atoms with Gasteiger partial charge < -0.3 is 10.8 Å². The first kappa shape index (κ1) is 20.1. The van der Waals surface area contributed by atoms with Crippen LogP contribution in [0.4, 0.5) is 0 Å². The first-order chi connectivity index (χ1) is 15.0. The minimum atomic E-state index is -0.953. The molecule has 0 bridgehead atoms. The maximum absolute atomic E-state index is 10.9. The standard InChI is InChI=1S/C14H11NO3.C13H10/c15-13(16)11-5-1-9(2-6-11)10-3-7-12(8-4-10)14(17)18;1-4-10-6-2-8-12-9-3-7-11(5-1)13(10)12/h1-8H,(H2,15,16)(H,17,18);1-8H,9H2. The Balaban J connectivity index is 0.000000156. The number of benzene rings is 4. The molecule has 1 amide bonds. The summed E-state index contributed by atoms with van der Waals surface area (Å²) in [6.45, 7) is 0. The van der Waals surface area contributed by atoms with Crippen LogP contribution in [0.5, 0.6) is 0 Å². The molecule has 0 fully saturated rings. The SMILES string of the molecule is C1=Cc2cccc3cccc(c23)C1.NC(=O)c1ccc(-c2ccc(C(=O)O)cc2)cc1. The number of carbonyl (C=O) groups excluding carboxylic acids is 1. The molecule has 0 radical (unpaired) electrons. The third-order valence-electron chi connectivity index (χ3n) is 5.29. The van der Waals surface area contributed by atoms with Crippen molar-refractivity contribution in [3.8, 4) is 11.1 Å². The van der Waals surface area contributed by atoms with Gasteiger partial charge in [-0.15, -0.1) is 0 Å². The topological polar surface area (TPSA) is 80.4 Å². The number of nitrogens with two attached hydrogens (primary N) is 1. The molecular formula is C27H21NO3. The normalized spacial score (nSPS) is 11.5. The van der Waals surface area contributed by atoms with Gasteiger partial charge in [-0.05, 0) is 63.7 Å². The highest BCUT2D eigenvalue weighted by Crippen LogP contribution is 2.27. The number of hydrogen-bond donors (Lipinski definition) is 2. The molecule has 31 heavy (non-hydrogen) atoms. The molecule has 152 valence electrons. The molecule has 0 unspecified atom stereocenters. The zero-order valence-electron chi connectivity index (χ0n) is 16.8. The van der Waals surface area contributed by atoms with Crippen LogP contribution in [0.2, 0.25) is 0 Å². The zero-order chi connectivity index (χ0) is 21.8. The van der Waals surface area contributed by atoms with E-state index in [4.69, 9.17) is 10.8 Å². The van der Waals surface area contributed by atoms with E-state index in [1.807, 2.05) is 0 Å². The predicted molar refractivity (Wildman–Crippen MR) is 124 cm³/mol. The lowest BCUT2D eigenvalue weighted by atomic mass is 9.93. The van der Waals surface area contributed by atoms with E-state index in [0.29, 0.717) is 5.56 Å². The second-order valence-electron chi connectivity index (χ2n) is 7.29. The number of carboxylic acids is 1. The van der Waals surface area contributed by atoms with E-state index >= 15 is 0 Å². The monoisotopic (exact) mass is 407 g/mol. The van der Waals surface area contributed by atoms with Gasteiger partial charge in [0.2, 0.25) is 5.91 Å². The molecule has 4 heteroatoms. The van der Waals surface area contributed by atoms with E-state index in [0.717, 1.165) is 17.5 Å². The molecule has 3 N–H and O–H groups in total. The van der Waals surface area contributed by atoms with Crippen LogP contribution in [0.3, 0.4) is 0 Å². The molecule has 0 aromatic heterocycles. The smallest absolute Gasteiger partial charge is 0.335 e. The summed E-state index contributed by atoms with van der Waals surface area (Å²) in [7, 11) is 0. The van der Waals surface area contributed by atoms with Crippen molar-refractivity contribution in [1.82, 2.24) is 0 Å². The van der Waals surface area contributed by atoms with Gasteiger partial charge in [-0.2, -0.15) is 0 Å². The number of aromatic carboxylic acids is 1. The van der Waals surface area contributed by atoms with Gasteiger partial charge >= 0.3 is 5.97 Å². The van der Waals surface area contributed by atoms with Crippen molar-refractivity contribution in [3.05, 3.63) is 113 Å². The first-order valence-electron chi connectivity index (χ1n) is 9.94. The van der Waals surface area contributed by atoms with E-state index in [1.54, 1.807) is 48.5 Å². The molecular weight excluding hydrogens is 386 g/mol. The fourth-order valence-electron chi connectivity index (χ4n) is 3.70. The Kier molecular flexibility index (Phi) is 5.63. The highest BCUT2D eigenvalue weighted by molar-refractivity contribution is 5.95. The maximum Gasteiger partial charge on any atom is 0.335 e. The average Bonchev–Trinajstić information content (AvgIpc) is 2.80. The van der Waals surface area contributed by atoms with Crippen LogP contribution in [0.15, 0.2) is 91.0 Å². The minimum absolute atomic E-state index is 0.243. The van der Waals surface area contributed by atoms with Crippen LogP contribution < -0.4 is 5.73 Å². The lowest BCUT2D eigenvalue weighted by molar-refractivity contribution is 0.0696. The molecule has 4 nitrogen and oxygen atoms in total. The number of carbonyl (C=O) groups is 2. The Hall–Kier alpha value is -4.18. The summed E-state index contributed by atoms with van der Waals surface area (Å²) in [5, 5.41) is 11.6. The van der Waals surface area contributed by atoms with E-state index in [-0.39, 0.29) is 5.56 Å².